The Balaban J connectivity index is 1.62. The summed E-state index contributed by atoms with van der Waals surface area (Å²) in [5.41, 5.74) is 5.59. The molecule has 1 unspecified atom stereocenters. The summed E-state index contributed by atoms with van der Waals surface area (Å²) in [7, 11) is 0. The summed E-state index contributed by atoms with van der Waals surface area (Å²) in [6, 6.07) is 2.69. The normalized spacial score (nSPS) is 23.6. The lowest BCUT2D eigenvalue weighted by Crippen LogP contribution is -2.47. The molecule has 0 bridgehead atoms. The fourth-order valence-corrected chi connectivity index (χ4v) is 4.00. The number of likely N-dealkylation sites (tertiary alicyclic amines) is 1. The smallest absolute Gasteiger partial charge is 0.250 e. The van der Waals surface area contributed by atoms with Gasteiger partial charge in [-0.15, -0.1) is 0 Å². The number of primary amides is 1. The van der Waals surface area contributed by atoms with Crippen LogP contribution >= 0.6 is 11.6 Å². The molecule has 2 fully saturated rings. The third-order valence-electron chi connectivity index (χ3n) is 5.01. The zero-order chi connectivity index (χ0) is 16.2. The summed E-state index contributed by atoms with van der Waals surface area (Å²) in [5, 5.41) is 3.90. The van der Waals surface area contributed by atoms with Crippen LogP contribution in [-0.4, -0.2) is 41.0 Å². The highest BCUT2D eigenvalue weighted by Gasteiger charge is 2.27. The van der Waals surface area contributed by atoms with Crippen molar-refractivity contribution < 1.29 is 4.79 Å². The Kier molecular flexibility index (Phi) is 5.38. The maximum absolute atomic E-state index is 11.2. The van der Waals surface area contributed by atoms with Gasteiger partial charge in [0.2, 0.25) is 5.91 Å². The van der Waals surface area contributed by atoms with Gasteiger partial charge < -0.3 is 11.1 Å². The van der Waals surface area contributed by atoms with E-state index in [4.69, 9.17) is 17.3 Å². The van der Waals surface area contributed by atoms with Gasteiger partial charge in [-0.1, -0.05) is 30.9 Å². The van der Waals surface area contributed by atoms with Crippen molar-refractivity contribution in [2.24, 2.45) is 5.73 Å². The highest BCUT2D eigenvalue weighted by Crippen LogP contribution is 2.27. The standard InChI is InChI=1S/C17H25ClN4O/c18-15-9-12(16(19)23)10-20-17(15)21-13-5-4-8-22(11-13)14-6-2-1-3-7-14/h9-10,13-14H,1-8,11H2,(H2,19,23)(H,20,21). The van der Waals surface area contributed by atoms with Crippen molar-refractivity contribution in [3.05, 3.63) is 22.8 Å². The second kappa shape index (κ2) is 7.49. The van der Waals surface area contributed by atoms with Crippen LogP contribution < -0.4 is 11.1 Å². The van der Waals surface area contributed by atoms with E-state index in [1.807, 2.05) is 0 Å². The number of rotatable bonds is 4. The number of nitrogens with two attached hydrogens (primary N) is 1. The number of carbonyl (C=O) groups excluding carboxylic acids is 1. The van der Waals surface area contributed by atoms with Crippen LogP contribution in [0.3, 0.4) is 0 Å². The molecule has 0 radical (unpaired) electrons. The lowest BCUT2D eigenvalue weighted by Gasteiger charge is -2.40. The van der Waals surface area contributed by atoms with Gasteiger partial charge in [-0.3, -0.25) is 9.69 Å². The van der Waals surface area contributed by atoms with Gasteiger partial charge in [-0.05, 0) is 38.3 Å². The highest BCUT2D eigenvalue weighted by molar-refractivity contribution is 6.33. The summed E-state index contributed by atoms with van der Waals surface area (Å²) >= 11 is 6.23. The van der Waals surface area contributed by atoms with Gasteiger partial charge in [0.05, 0.1) is 10.6 Å². The van der Waals surface area contributed by atoms with E-state index in [-0.39, 0.29) is 0 Å². The number of nitrogens with one attached hydrogen (secondary N) is 1. The van der Waals surface area contributed by atoms with Crippen LogP contribution in [0.5, 0.6) is 0 Å². The number of aromatic nitrogens is 1. The van der Waals surface area contributed by atoms with E-state index in [1.54, 1.807) is 6.07 Å². The first-order chi connectivity index (χ1) is 11.1. The predicted molar refractivity (Wildman–Crippen MR) is 92.9 cm³/mol. The van der Waals surface area contributed by atoms with Crippen molar-refractivity contribution in [1.82, 2.24) is 9.88 Å². The Morgan fingerprint density at radius 1 is 1.26 bits per heavy atom. The van der Waals surface area contributed by atoms with Crippen molar-refractivity contribution in [1.29, 1.82) is 0 Å². The lowest BCUT2D eigenvalue weighted by molar-refractivity contribution is 0.1000. The van der Waals surface area contributed by atoms with Gasteiger partial charge in [-0.2, -0.15) is 0 Å². The first-order valence-corrected chi connectivity index (χ1v) is 8.97. The number of halogens is 1. The van der Waals surface area contributed by atoms with Gasteiger partial charge >= 0.3 is 0 Å². The van der Waals surface area contributed by atoms with Crippen molar-refractivity contribution in [2.45, 2.75) is 57.0 Å². The minimum Gasteiger partial charge on any atom is -0.366 e. The zero-order valence-electron chi connectivity index (χ0n) is 13.4. The number of piperidine rings is 1. The number of pyridine rings is 1. The van der Waals surface area contributed by atoms with E-state index in [9.17, 15) is 4.79 Å². The second-order valence-corrected chi connectivity index (χ2v) is 7.10. The van der Waals surface area contributed by atoms with E-state index >= 15 is 0 Å². The first-order valence-electron chi connectivity index (χ1n) is 8.59. The zero-order valence-corrected chi connectivity index (χ0v) is 14.2. The monoisotopic (exact) mass is 336 g/mol. The molecule has 5 nitrogen and oxygen atoms in total. The van der Waals surface area contributed by atoms with Crippen LogP contribution in [-0.2, 0) is 0 Å². The Hall–Kier alpha value is -1.33. The molecule has 1 aromatic rings. The Morgan fingerprint density at radius 3 is 2.74 bits per heavy atom. The van der Waals surface area contributed by atoms with Crippen molar-refractivity contribution in [2.75, 3.05) is 18.4 Å². The van der Waals surface area contributed by atoms with E-state index in [1.165, 1.54) is 51.3 Å². The third-order valence-corrected chi connectivity index (χ3v) is 5.30. The van der Waals surface area contributed by atoms with E-state index in [0.29, 0.717) is 22.4 Å². The Labute approximate surface area is 142 Å². The molecule has 1 aliphatic heterocycles. The van der Waals surface area contributed by atoms with Crippen LogP contribution in [0.15, 0.2) is 12.3 Å². The number of anilines is 1. The van der Waals surface area contributed by atoms with Crippen molar-refractivity contribution >= 4 is 23.3 Å². The van der Waals surface area contributed by atoms with Crippen LogP contribution in [0.25, 0.3) is 0 Å². The molecule has 1 aliphatic carbocycles. The Bertz CT molecular complexity index is 560. The molecule has 6 heteroatoms. The van der Waals surface area contributed by atoms with Gasteiger partial charge in [-0.25, -0.2) is 4.98 Å². The summed E-state index contributed by atoms with van der Waals surface area (Å²) in [6.07, 6.45) is 10.6. The maximum atomic E-state index is 11.2. The number of hydrogen-bond acceptors (Lipinski definition) is 4. The molecular formula is C17H25ClN4O. The maximum Gasteiger partial charge on any atom is 0.250 e. The lowest BCUT2D eigenvalue weighted by atomic mass is 9.92. The van der Waals surface area contributed by atoms with Gasteiger partial charge in [0, 0.05) is 24.8 Å². The average molecular weight is 337 g/mol. The summed E-state index contributed by atoms with van der Waals surface area (Å²) in [6.45, 7) is 2.24. The topological polar surface area (TPSA) is 71.2 Å². The second-order valence-electron chi connectivity index (χ2n) is 6.69. The fraction of sp³-hybridized carbons (Fsp3) is 0.647. The molecule has 2 heterocycles. The molecule has 1 saturated heterocycles. The van der Waals surface area contributed by atoms with Gasteiger partial charge in [0.25, 0.3) is 0 Å². The average Bonchev–Trinajstić information content (AvgIpc) is 2.57. The summed E-state index contributed by atoms with van der Waals surface area (Å²) in [5.74, 6) is 0.138. The summed E-state index contributed by atoms with van der Waals surface area (Å²) in [4.78, 5) is 18.1. The minimum atomic E-state index is -0.507. The quantitative estimate of drug-likeness (QED) is 0.886. The molecule has 1 saturated carbocycles. The first kappa shape index (κ1) is 16.5. The van der Waals surface area contributed by atoms with E-state index < -0.39 is 5.91 Å². The van der Waals surface area contributed by atoms with Crippen LogP contribution in [0.2, 0.25) is 5.02 Å². The molecule has 2 aliphatic rings. The van der Waals surface area contributed by atoms with Crippen LogP contribution in [0.1, 0.15) is 55.3 Å². The fourth-order valence-electron chi connectivity index (χ4n) is 3.77. The molecule has 3 N–H and O–H groups in total. The minimum absolute atomic E-state index is 0.341. The van der Waals surface area contributed by atoms with Crippen molar-refractivity contribution in [3.63, 3.8) is 0 Å². The molecule has 3 rings (SSSR count). The molecule has 126 valence electrons. The number of carbonyl (C=O) groups is 1. The molecule has 0 aromatic carbocycles. The molecular weight excluding hydrogens is 312 g/mol. The number of amides is 1. The molecule has 1 amide bonds. The summed E-state index contributed by atoms with van der Waals surface area (Å²) < 4.78 is 0. The van der Waals surface area contributed by atoms with Crippen LogP contribution in [0.4, 0.5) is 5.82 Å². The molecule has 0 spiro atoms. The molecule has 1 atom stereocenters. The van der Waals surface area contributed by atoms with Gasteiger partial charge in [0.15, 0.2) is 0 Å². The SMILES string of the molecule is NC(=O)c1cnc(NC2CCCN(C3CCCCC3)C2)c(Cl)c1. The van der Waals surface area contributed by atoms with Crippen LogP contribution in [0, 0.1) is 0 Å². The number of nitrogens with zero attached hydrogens (tertiary/aromatic N) is 2. The molecule has 23 heavy (non-hydrogen) atoms. The Morgan fingerprint density at radius 2 is 2.04 bits per heavy atom. The van der Waals surface area contributed by atoms with Crippen molar-refractivity contribution in [3.8, 4) is 0 Å². The number of hydrogen-bond donors (Lipinski definition) is 2. The van der Waals surface area contributed by atoms with Gasteiger partial charge in [0.1, 0.15) is 5.82 Å². The molecule has 1 aromatic heterocycles. The predicted octanol–water partition coefficient (Wildman–Crippen LogP) is 3.04. The van der Waals surface area contributed by atoms with E-state index in [2.05, 4.69) is 15.2 Å². The third kappa shape index (κ3) is 4.15. The largest absolute Gasteiger partial charge is 0.366 e. The highest BCUT2D eigenvalue weighted by atomic mass is 35.5. The van der Waals surface area contributed by atoms with E-state index in [0.717, 1.165) is 19.0 Å².